The van der Waals surface area contributed by atoms with Crippen molar-refractivity contribution in [3.63, 3.8) is 0 Å². The highest BCUT2D eigenvalue weighted by Gasteiger charge is 2.37. The SMILES string of the molecule is C=CCN1C(=O)C(C)(C)COc2cc(NC(=O)CCC)ccc21. The van der Waals surface area contributed by atoms with E-state index in [1.54, 1.807) is 29.2 Å². The Hall–Kier alpha value is -2.30. The lowest BCUT2D eigenvalue weighted by atomic mass is 9.93. The summed E-state index contributed by atoms with van der Waals surface area (Å²) in [5.74, 6) is 0.569. The first-order valence-corrected chi connectivity index (χ1v) is 7.88. The van der Waals surface area contributed by atoms with E-state index in [1.165, 1.54) is 0 Å². The van der Waals surface area contributed by atoms with E-state index in [1.807, 2.05) is 20.8 Å². The first-order valence-electron chi connectivity index (χ1n) is 7.88. The normalized spacial score (nSPS) is 16.1. The summed E-state index contributed by atoms with van der Waals surface area (Å²) in [5, 5.41) is 2.85. The quantitative estimate of drug-likeness (QED) is 0.847. The maximum absolute atomic E-state index is 12.7. The zero-order valence-electron chi connectivity index (χ0n) is 14.0. The molecule has 1 aliphatic rings. The Morgan fingerprint density at radius 2 is 2.22 bits per heavy atom. The second-order valence-corrected chi connectivity index (χ2v) is 6.36. The minimum Gasteiger partial charge on any atom is -0.490 e. The van der Waals surface area contributed by atoms with E-state index in [0.29, 0.717) is 36.7 Å². The number of nitrogens with zero attached hydrogens (tertiary/aromatic N) is 1. The molecule has 0 atom stereocenters. The number of ether oxygens (including phenoxy) is 1. The van der Waals surface area contributed by atoms with Gasteiger partial charge in [-0.25, -0.2) is 0 Å². The summed E-state index contributed by atoms with van der Waals surface area (Å²) in [4.78, 5) is 26.1. The molecule has 5 nitrogen and oxygen atoms in total. The molecule has 5 heteroatoms. The Labute approximate surface area is 137 Å². The topological polar surface area (TPSA) is 58.6 Å². The van der Waals surface area contributed by atoms with E-state index in [0.717, 1.165) is 6.42 Å². The van der Waals surface area contributed by atoms with Crippen LogP contribution in [0, 0.1) is 5.41 Å². The Morgan fingerprint density at radius 1 is 1.48 bits per heavy atom. The lowest BCUT2D eigenvalue weighted by molar-refractivity contribution is -0.127. The fourth-order valence-electron chi connectivity index (χ4n) is 2.49. The van der Waals surface area contributed by atoms with Gasteiger partial charge in [-0.1, -0.05) is 13.0 Å². The summed E-state index contributed by atoms with van der Waals surface area (Å²) >= 11 is 0. The van der Waals surface area contributed by atoms with Crippen LogP contribution < -0.4 is 15.0 Å². The van der Waals surface area contributed by atoms with Crippen LogP contribution in [0.15, 0.2) is 30.9 Å². The molecule has 0 aliphatic carbocycles. The molecule has 1 aromatic carbocycles. The van der Waals surface area contributed by atoms with Crippen molar-refractivity contribution >= 4 is 23.2 Å². The van der Waals surface area contributed by atoms with Crippen LogP contribution in [0.1, 0.15) is 33.6 Å². The third kappa shape index (κ3) is 3.73. The number of hydrogen-bond acceptors (Lipinski definition) is 3. The van der Waals surface area contributed by atoms with E-state index < -0.39 is 5.41 Å². The van der Waals surface area contributed by atoms with Crippen molar-refractivity contribution in [1.29, 1.82) is 0 Å². The van der Waals surface area contributed by atoms with Gasteiger partial charge in [0, 0.05) is 24.7 Å². The number of carbonyl (C=O) groups is 2. The van der Waals surface area contributed by atoms with Gasteiger partial charge >= 0.3 is 0 Å². The van der Waals surface area contributed by atoms with Crippen LogP contribution >= 0.6 is 0 Å². The van der Waals surface area contributed by atoms with E-state index in [9.17, 15) is 9.59 Å². The van der Waals surface area contributed by atoms with E-state index >= 15 is 0 Å². The number of nitrogens with one attached hydrogen (secondary N) is 1. The van der Waals surface area contributed by atoms with E-state index in [4.69, 9.17) is 4.74 Å². The molecule has 23 heavy (non-hydrogen) atoms. The van der Waals surface area contributed by atoms with E-state index in [2.05, 4.69) is 11.9 Å². The molecule has 124 valence electrons. The number of amides is 2. The third-order valence-corrected chi connectivity index (χ3v) is 3.74. The number of hydrogen-bond donors (Lipinski definition) is 1. The molecule has 2 rings (SSSR count). The molecule has 1 heterocycles. The largest absolute Gasteiger partial charge is 0.490 e. The minimum absolute atomic E-state index is 0.00100. The molecule has 0 saturated heterocycles. The van der Waals surface area contributed by atoms with Gasteiger partial charge in [-0.15, -0.1) is 6.58 Å². The first kappa shape index (κ1) is 17.1. The average molecular weight is 316 g/mol. The predicted molar refractivity (Wildman–Crippen MR) is 91.8 cm³/mol. The van der Waals surface area contributed by atoms with Gasteiger partial charge in [-0.3, -0.25) is 9.59 Å². The Kier molecular flexibility index (Phi) is 5.08. The van der Waals surface area contributed by atoms with Gasteiger partial charge in [0.05, 0.1) is 11.1 Å². The van der Waals surface area contributed by atoms with Crippen LogP contribution in [0.2, 0.25) is 0 Å². The van der Waals surface area contributed by atoms with Gasteiger partial charge < -0.3 is 15.0 Å². The molecule has 0 unspecified atom stereocenters. The summed E-state index contributed by atoms with van der Waals surface area (Å²) in [5.41, 5.74) is 0.759. The van der Waals surface area contributed by atoms with Crippen molar-refractivity contribution in [3.8, 4) is 5.75 Å². The van der Waals surface area contributed by atoms with Crippen molar-refractivity contribution in [1.82, 2.24) is 0 Å². The molecule has 0 bridgehead atoms. The summed E-state index contributed by atoms with van der Waals surface area (Å²) in [7, 11) is 0. The van der Waals surface area contributed by atoms with Gasteiger partial charge in [0.1, 0.15) is 12.4 Å². The molecule has 1 aliphatic heterocycles. The second-order valence-electron chi connectivity index (χ2n) is 6.36. The number of rotatable bonds is 5. The summed E-state index contributed by atoms with van der Waals surface area (Å²) < 4.78 is 5.84. The standard InChI is InChI=1S/C18H24N2O3/c1-5-7-16(21)19-13-8-9-14-15(11-13)23-12-18(3,4)17(22)20(14)10-6-2/h6,8-9,11H,2,5,7,10,12H2,1,3-4H3,(H,19,21). The minimum atomic E-state index is -0.617. The van der Waals surface area contributed by atoms with Crippen molar-refractivity contribution < 1.29 is 14.3 Å². The van der Waals surface area contributed by atoms with Crippen LogP contribution in [-0.4, -0.2) is 25.0 Å². The van der Waals surface area contributed by atoms with Crippen LogP contribution in [0.25, 0.3) is 0 Å². The third-order valence-electron chi connectivity index (χ3n) is 3.74. The van der Waals surface area contributed by atoms with E-state index in [-0.39, 0.29) is 11.8 Å². The van der Waals surface area contributed by atoms with Gasteiger partial charge in [0.2, 0.25) is 11.8 Å². The highest BCUT2D eigenvalue weighted by Crippen LogP contribution is 2.38. The molecule has 0 aromatic heterocycles. The first-order chi connectivity index (χ1) is 10.9. The van der Waals surface area contributed by atoms with Crippen molar-refractivity contribution in [2.45, 2.75) is 33.6 Å². The van der Waals surface area contributed by atoms with Gasteiger partial charge in [0.15, 0.2) is 0 Å². The number of benzene rings is 1. The summed E-state index contributed by atoms with van der Waals surface area (Å²) in [6, 6.07) is 5.37. The highest BCUT2D eigenvalue weighted by atomic mass is 16.5. The molecule has 1 aromatic rings. The molecule has 2 amide bonds. The second kappa shape index (κ2) is 6.86. The van der Waals surface area contributed by atoms with Gasteiger partial charge in [-0.05, 0) is 32.4 Å². The van der Waals surface area contributed by atoms with Gasteiger partial charge in [-0.2, -0.15) is 0 Å². The monoisotopic (exact) mass is 316 g/mol. The Bertz CT molecular complexity index is 623. The van der Waals surface area contributed by atoms with Crippen LogP contribution in [0.4, 0.5) is 11.4 Å². The number of fused-ring (bicyclic) bond motifs is 1. The summed E-state index contributed by atoms with van der Waals surface area (Å²) in [6.45, 7) is 10.1. The molecular formula is C18H24N2O3. The fourth-order valence-corrected chi connectivity index (χ4v) is 2.49. The van der Waals surface area contributed by atoms with Crippen molar-refractivity contribution in [2.24, 2.45) is 5.41 Å². The van der Waals surface area contributed by atoms with Gasteiger partial charge in [0.25, 0.3) is 0 Å². The van der Waals surface area contributed by atoms with Crippen molar-refractivity contribution in [2.75, 3.05) is 23.4 Å². The lowest BCUT2D eigenvalue weighted by Gasteiger charge is -2.27. The average Bonchev–Trinajstić information content (AvgIpc) is 2.58. The molecule has 1 N–H and O–H groups in total. The molecule has 0 fully saturated rings. The Morgan fingerprint density at radius 3 is 2.87 bits per heavy atom. The molecule has 0 radical (unpaired) electrons. The zero-order valence-corrected chi connectivity index (χ0v) is 14.0. The van der Waals surface area contributed by atoms with Crippen LogP contribution in [0.5, 0.6) is 5.75 Å². The molecular weight excluding hydrogens is 292 g/mol. The lowest BCUT2D eigenvalue weighted by Crippen LogP contribution is -2.42. The fraction of sp³-hybridized carbons (Fsp3) is 0.444. The van der Waals surface area contributed by atoms with Crippen LogP contribution in [0.3, 0.4) is 0 Å². The van der Waals surface area contributed by atoms with Crippen LogP contribution in [-0.2, 0) is 9.59 Å². The predicted octanol–water partition coefficient (Wildman–Crippen LogP) is 3.36. The smallest absolute Gasteiger partial charge is 0.236 e. The molecule has 0 spiro atoms. The maximum Gasteiger partial charge on any atom is 0.236 e. The number of carbonyl (C=O) groups excluding carboxylic acids is 2. The highest BCUT2D eigenvalue weighted by molar-refractivity contribution is 6.00. The number of anilines is 2. The molecule has 0 saturated carbocycles. The zero-order chi connectivity index (χ0) is 17.0. The van der Waals surface area contributed by atoms with Crippen molar-refractivity contribution in [3.05, 3.63) is 30.9 Å². The summed E-state index contributed by atoms with van der Waals surface area (Å²) in [6.07, 6.45) is 2.97. The Balaban J connectivity index is 2.35. The maximum atomic E-state index is 12.7.